The Morgan fingerprint density at radius 2 is 0.943 bits per heavy atom. The summed E-state index contributed by atoms with van der Waals surface area (Å²) < 4.78 is 0. The molecule has 1 saturated heterocycles. The van der Waals surface area contributed by atoms with Gasteiger partial charge in [-0.2, -0.15) is 0 Å². The van der Waals surface area contributed by atoms with Crippen molar-refractivity contribution in [3.8, 4) is 11.5 Å². The van der Waals surface area contributed by atoms with Gasteiger partial charge in [0.2, 0.25) is 11.8 Å². The van der Waals surface area contributed by atoms with Crippen LogP contribution in [0.4, 0.5) is 11.4 Å². The molecule has 2 amide bonds. The number of carbonyl (C=O) groups excluding carboxylic acids is 2. The maximum Gasteiger partial charge on any atom is 0.232 e. The molecular weight excluding hydrogens is 678 g/mol. The number of aryl methyl sites for hydroxylation is 2. The van der Waals surface area contributed by atoms with Crippen LogP contribution in [0.2, 0.25) is 0 Å². The first-order chi connectivity index (χ1) is 25.5. The summed E-state index contributed by atoms with van der Waals surface area (Å²) in [5, 5.41) is 65.7. The van der Waals surface area contributed by atoms with Gasteiger partial charge < -0.3 is 41.3 Å². The average Bonchev–Trinajstić information content (AvgIpc) is 3.12. The molecule has 0 atom stereocenters. The number of anilines is 2. The highest BCUT2D eigenvalue weighted by molar-refractivity contribution is 5.95. The van der Waals surface area contributed by atoms with Gasteiger partial charge in [0.15, 0.2) is 0 Å². The van der Waals surface area contributed by atoms with Crippen LogP contribution < -0.4 is 10.6 Å². The number of hydrogen-bond acceptors (Lipinski definition) is 11. The molecule has 3 aromatic rings. The Kier molecular flexibility index (Phi) is 16.5. The van der Waals surface area contributed by atoms with Gasteiger partial charge in [-0.25, -0.2) is 0 Å². The molecule has 0 spiro atoms. The molecule has 13 heteroatoms. The summed E-state index contributed by atoms with van der Waals surface area (Å²) in [6, 6.07) is 17.5. The second-order valence-electron chi connectivity index (χ2n) is 14.1. The average molecular weight is 736 g/mol. The number of aliphatic hydroxyl groups is 4. The van der Waals surface area contributed by atoms with Crippen LogP contribution in [0.5, 0.6) is 11.5 Å². The number of nitrogens with zero attached hydrogens (tertiary/aromatic N) is 3. The summed E-state index contributed by atoms with van der Waals surface area (Å²) in [5.74, 6) is -3.21. The van der Waals surface area contributed by atoms with Crippen molar-refractivity contribution in [3.05, 3.63) is 82.4 Å². The van der Waals surface area contributed by atoms with Gasteiger partial charge in [-0.3, -0.25) is 24.3 Å². The zero-order chi connectivity index (χ0) is 38.3. The second-order valence-corrected chi connectivity index (χ2v) is 14.1. The van der Waals surface area contributed by atoms with Crippen LogP contribution in [0.1, 0.15) is 47.1 Å². The minimum atomic E-state index is -0.993. The highest BCUT2D eigenvalue weighted by Gasteiger charge is 2.22. The molecule has 0 unspecified atom stereocenters. The van der Waals surface area contributed by atoms with E-state index in [0.29, 0.717) is 24.2 Å². The number of phenols is 2. The molecule has 1 heterocycles. The molecule has 13 nitrogen and oxygen atoms in total. The lowest BCUT2D eigenvalue weighted by Gasteiger charge is -2.31. The van der Waals surface area contributed by atoms with E-state index in [-0.39, 0.29) is 22.9 Å². The first kappa shape index (κ1) is 41.7. The largest absolute Gasteiger partial charge is 0.505 e. The zero-order valence-electron chi connectivity index (χ0n) is 31.0. The Hall–Kier alpha value is -4.08. The summed E-state index contributed by atoms with van der Waals surface area (Å²) in [6.45, 7) is 8.22. The third kappa shape index (κ3) is 12.5. The number of aromatic hydroxyl groups is 2. The van der Waals surface area contributed by atoms with Crippen LogP contribution in [0, 0.1) is 25.7 Å². The van der Waals surface area contributed by atoms with Crippen LogP contribution in [-0.4, -0.2) is 123 Å². The van der Waals surface area contributed by atoms with E-state index in [1.807, 2.05) is 44.2 Å². The highest BCUT2D eigenvalue weighted by atomic mass is 16.3. The molecule has 0 radical (unpaired) electrons. The van der Waals surface area contributed by atoms with Gasteiger partial charge in [0.05, 0.1) is 49.6 Å². The molecule has 8 N–H and O–H groups in total. The quantitative estimate of drug-likeness (QED) is 0.114. The Labute approximate surface area is 312 Å². The number of phenolic OH excluding ortho intramolecular Hbond substituents is 2. The lowest BCUT2D eigenvalue weighted by molar-refractivity contribution is -0.123. The molecule has 0 aromatic heterocycles. The van der Waals surface area contributed by atoms with E-state index in [2.05, 4.69) is 37.5 Å². The fraction of sp³-hybridized carbons (Fsp3) is 0.500. The number of rotatable bonds is 14. The molecule has 3 aromatic carbocycles. The van der Waals surface area contributed by atoms with Crippen LogP contribution in [0.15, 0.2) is 54.6 Å². The minimum Gasteiger partial charge on any atom is -0.505 e. The van der Waals surface area contributed by atoms with Crippen molar-refractivity contribution in [2.75, 3.05) is 76.3 Å². The predicted molar refractivity (Wildman–Crippen MR) is 204 cm³/mol. The van der Waals surface area contributed by atoms with Crippen molar-refractivity contribution in [1.82, 2.24) is 14.7 Å². The Morgan fingerprint density at radius 1 is 0.585 bits per heavy atom. The van der Waals surface area contributed by atoms with E-state index >= 15 is 0 Å². The molecular formula is C40H57N5O8. The number of nitrogens with one attached hydrogen (secondary N) is 2. The summed E-state index contributed by atoms with van der Waals surface area (Å²) in [4.78, 5) is 32.3. The smallest absolute Gasteiger partial charge is 0.232 e. The third-order valence-electron chi connectivity index (χ3n) is 9.69. The van der Waals surface area contributed by atoms with Crippen LogP contribution in [-0.2, 0) is 29.2 Å². The van der Waals surface area contributed by atoms with Gasteiger partial charge in [-0.1, -0.05) is 42.5 Å². The number of benzene rings is 3. The van der Waals surface area contributed by atoms with Crippen LogP contribution in [0.3, 0.4) is 0 Å². The molecule has 1 fully saturated rings. The fourth-order valence-electron chi connectivity index (χ4n) is 6.74. The van der Waals surface area contributed by atoms with Crippen molar-refractivity contribution in [2.45, 2.75) is 52.7 Å². The van der Waals surface area contributed by atoms with Gasteiger partial charge in [0.1, 0.15) is 11.5 Å². The molecule has 0 saturated carbocycles. The van der Waals surface area contributed by atoms with Crippen LogP contribution in [0.25, 0.3) is 0 Å². The SMILES string of the molecule is Cc1cc(CN2CCCN(Cc3ccccc3)CCCN(Cc3cc(C)cc(NC(=O)C(CO)CO)c3O)CCC2)c(O)c(NC(=O)C(CO)CO)c1. The topological polar surface area (TPSA) is 189 Å². The number of amides is 2. The monoisotopic (exact) mass is 735 g/mol. The Bertz CT molecular complexity index is 1520. The summed E-state index contributed by atoms with van der Waals surface area (Å²) >= 11 is 0. The molecule has 4 rings (SSSR count). The Balaban J connectivity index is 1.55. The van der Waals surface area contributed by atoms with E-state index in [0.717, 1.165) is 76.2 Å². The van der Waals surface area contributed by atoms with E-state index in [9.17, 15) is 40.2 Å². The van der Waals surface area contributed by atoms with Gasteiger partial charge >= 0.3 is 0 Å². The molecule has 1 aliphatic heterocycles. The van der Waals surface area contributed by atoms with E-state index in [4.69, 9.17) is 0 Å². The normalized spacial score (nSPS) is 15.6. The maximum atomic E-state index is 12.6. The predicted octanol–water partition coefficient (Wildman–Crippen LogP) is 2.78. The molecule has 1 aliphatic rings. The molecule has 290 valence electrons. The molecule has 53 heavy (non-hydrogen) atoms. The van der Waals surface area contributed by atoms with Gasteiger partial charge in [0.25, 0.3) is 0 Å². The lowest BCUT2D eigenvalue weighted by Crippen LogP contribution is -2.36. The third-order valence-corrected chi connectivity index (χ3v) is 9.69. The number of carbonyl (C=O) groups is 2. The molecule has 0 aliphatic carbocycles. The highest BCUT2D eigenvalue weighted by Crippen LogP contribution is 2.32. The minimum absolute atomic E-state index is 0.0425. The summed E-state index contributed by atoms with van der Waals surface area (Å²) in [6.07, 6.45) is 2.64. The first-order valence-electron chi connectivity index (χ1n) is 18.5. The van der Waals surface area contributed by atoms with E-state index in [1.54, 1.807) is 12.1 Å². The zero-order valence-corrected chi connectivity index (χ0v) is 31.0. The fourth-order valence-corrected chi connectivity index (χ4v) is 6.74. The first-order valence-corrected chi connectivity index (χ1v) is 18.5. The number of aliphatic hydroxyl groups excluding tert-OH is 4. The van der Waals surface area contributed by atoms with Gasteiger partial charge in [0, 0.05) is 30.8 Å². The lowest BCUT2D eigenvalue weighted by atomic mass is 10.1. The number of hydrogen-bond donors (Lipinski definition) is 8. The standard InChI is InChI=1S/C40H57N5O8/c1-28-17-31(37(50)35(19-28)41-39(52)33(24-46)25-47)22-44-13-6-11-43(21-30-9-4-3-5-10-30)12-7-14-45(16-8-15-44)23-32-18-29(2)20-36(38(32)51)42-40(53)34(26-48)27-49/h3-5,9-10,17-20,33-34,46-51H,6-8,11-16,21-27H2,1-2H3,(H,41,52)(H,42,53). The van der Waals surface area contributed by atoms with Crippen LogP contribution >= 0.6 is 0 Å². The van der Waals surface area contributed by atoms with Crippen molar-refractivity contribution >= 4 is 23.2 Å². The summed E-state index contributed by atoms with van der Waals surface area (Å²) in [7, 11) is 0. The van der Waals surface area contributed by atoms with Gasteiger partial charge in [-0.05, 0) is 101 Å². The van der Waals surface area contributed by atoms with Crippen molar-refractivity contribution in [1.29, 1.82) is 0 Å². The van der Waals surface area contributed by atoms with Crippen molar-refractivity contribution in [3.63, 3.8) is 0 Å². The van der Waals surface area contributed by atoms with E-state index in [1.165, 1.54) is 5.56 Å². The van der Waals surface area contributed by atoms with Crippen molar-refractivity contribution in [2.24, 2.45) is 11.8 Å². The molecule has 0 bridgehead atoms. The van der Waals surface area contributed by atoms with E-state index < -0.39 is 50.1 Å². The Morgan fingerprint density at radius 3 is 1.30 bits per heavy atom. The second kappa shape index (κ2) is 21.0. The van der Waals surface area contributed by atoms with Gasteiger partial charge in [-0.15, -0.1) is 0 Å². The maximum absolute atomic E-state index is 12.6. The van der Waals surface area contributed by atoms with Crippen molar-refractivity contribution < 1.29 is 40.2 Å². The summed E-state index contributed by atoms with van der Waals surface area (Å²) in [5.41, 5.74) is 4.75.